The normalized spacial score (nSPS) is 16.9. The predicted octanol–water partition coefficient (Wildman–Crippen LogP) is 1.55. The van der Waals surface area contributed by atoms with Gasteiger partial charge in [0.15, 0.2) is 0 Å². The Hall–Kier alpha value is -2.25. The first-order valence-corrected chi connectivity index (χ1v) is 8.53. The van der Waals surface area contributed by atoms with E-state index in [-0.39, 0.29) is 11.9 Å². The van der Waals surface area contributed by atoms with Crippen molar-refractivity contribution >= 4 is 5.91 Å². The zero-order valence-corrected chi connectivity index (χ0v) is 14.9. The van der Waals surface area contributed by atoms with Crippen LogP contribution in [0.15, 0.2) is 22.6 Å². The number of amides is 1. The van der Waals surface area contributed by atoms with Gasteiger partial charge in [-0.3, -0.25) is 9.69 Å². The Bertz CT molecular complexity index is 751. The number of hydrogen-bond donors (Lipinski definition) is 1. The van der Waals surface area contributed by atoms with Crippen molar-refractivity contribution in [2.24, 2.45) is 0 Å². The lowest BCUT2D eigenvalue weighted by atomic mass is 10.1. The highest BCUT2D eigenvalue weighted by atomic mass is 16.4. The molecule has 0 spiro atoms. The first-order valence-electron chi connectivity index (χ1n) is 8.53. The molecule has 0 saturated carbocycles. The molecular weight excluding hydrogens is 320 g/mol. The van der Waals surface area contributed by atoms with E-state index in [4.69, 9.17) is 9.52 Å². The molecule has 1 aromatic carbocycles. The molecule has 0 bridgehead atoms. The van der Waals surface area contributed by atoms with E-state index >= 15 is 0 Å². The average molecular weight is 344 g/mol. The first-order chi connectivity index (χ1) is 12.0. The van der Waals surface area contributed by atoms with Crippen LogP contribution in [0.5, 0.6) is 0 Å². The smallest absolute Gasteiger partial charge is 0.248 e. The molecule has 1 fully saturated rings. The number of benzene rings is 1. The number of rotatable bonds is 4. The lowest BCUT2D eigenvalue weighted by Gasteiger charge is -2.36. The minimum Gasteiger partial charge on any atom is -0.419 e. The fourth-order valence-corrected chi connectivity index (χ4v) is 3.01. The Kier molecular flexibility index (Phi) is 5.15. The molecule has 2 heterocycles. The van der Waals surface area contributed by atoms with E-state index < -0.39 is 6.61 Å². The van der Waals surface area contributed by atoms with E-state index in [9.17, 15) is 4.79 Å². The van der Waals surface area contributed by atoms with E-state index in [0.717, 1.165) is 5.56 Å². The predicted molar refractivity (Wildman–Crippen MR) is 92.9 cm³/mol. The number of carbonyl (C=O) groups excluding carboxylic acids is 1. The quantitative estimate of drug-likeness (QED) is 0.906. The van der Waals surface area contributed by atoms with Crippen molar-refractivity contribution in [1.82, 2.24) is 20.0 Å². The number of aliphatic hydroxyl groups is 1. The molecule has 0 radical (unpaired) electrons. The van der Waals surface area contributed by atoms with Gasteiger partial charge in [-0.15, -0.1) is 10.2 Å². The first kappa shape index (κ1) is 17.6. The van der Waals surface area contributed by atoms with Crippen molar-refractivity contribution in [3.05, 3.63) is 35.2 Å². The number of nitrogens with zero attached hydrogens (tertiary/aromatic N) is 4. The van der Waals surface area contributed by atoms with E-state index in [0.29, 0.717) is 38.0 Å². The standard InChI is InChI=1S/C18H24N4O3/c1-12-4-5-15(10-13(12)2)18-20-19-17(25-18)14(3)21-6-8-22(9-7-21)16(24)11-23/h4-5,10,14,23H,6-9,11H2,1-3H3. The van der Waals surface area contributed by atoms with Crippen molar-refractivity contribution in [1.29, 1.82) is 0 Å². The Balaban J connectivity index is 1.68. The summed E-state index contributed by atoms with van der Waals surface area (Å²) in [6.07, 6.45) is 0. The Morgan fingerprint density at radius 1 is 1.20 bits per heavy atom. The summed E-state index contributed by atoms with van der Waals surface area (Å²) < 4.78 is 5.89. The topological polar surface area (TPSA) is 82.7 Å². The Morgan fingerprint density at radius 3 is 2.56 bits per heavy atom. The summed E-state index contributed by atoms with van der Waals surface area (Å²) in [6, 6.07) is 6.08. The second-order valence-electron chi connectivity index (χ2n) is 6.50. The fraction of sp³-hybridized carbons (Fsp3) is 0.500. The largest absolute Gasteiger partial charge is 0.419 e. The van der Waals surface area contributed by atoms with Crippen molar-refractivity contribution in [2.45, 2.75) is 26.8 Å². The van der Waals surface area contributed by atoms with Crippen LogP contribution in [0.1, 0.15) is 30.0 Å². The van der Waals surface area contributed by atoms with Crippen LogP contribution < -0.4 is 0 Å². The molecule has 2 aromatic rings. The zero-order valence-electron chi connectivity index (χ0n) is 14.9. The number of aliphatic hydroxyl groups excluding tert-OH is 1. The van der Waals surface area contributed by atoms with Gasteiger partial charge in [0.05, 0.1) is 6.04 Å². The SMILES string of the molecule is Cc1ccc(-c2nnc(C(C)N3CCN(C(=O)CO)CC3)o2)cc1C. The number of aryl methyl sites for hydroxylation is 2. The summed E-state index contributed by atoms with van der Waals surface area (Å²) in [5.74, 6) is 0.885. The van der Waals surface area contributed by atoms with Crippen LogP contribution in [0, 0.1) is 13.8 Å². The molecule has 134 valence electrons. The number of aromatic nitrogens is 2. The molecular formula is C18H24N4O3. The summed E-state index contributed by atoms with van der Waals surface area (Å²) in [7, 11) is 0. The molecule has 7 nitrogen and oxygen atoms in total. The van der Waals surface area contributed by atoms with Gasteiger partial charge in [0.25, 0.3) is 0 Å². The van der Waals surface area contributed by atoms with Crippen LogP contribution >= 0.6 is 0 Å². The molecule has 3 rings (SSSR count). The summed E-state index contributed by atoms with van der Waals surface area (Å²) in [4.78, 5) is 15.4. The molecule has 1 aliphatic rings. The molecule has 1 atom stereocenters. The molecule has 1 aliphatic heterocycles. The molecule has 25 heavy (non-hydrogen) atoms. The molecule has 1 saturated heterocycles. The van der Waals surface area contributed by atoms with Gasteiger partial charge in [-0.2, -0.15) is 0 Å². The maximum atomic E-state index is 11.5. The summed E-state index contributed by atoms with van der Waals surface area (Å²) >= 11 is 0. The summed E-state index contributed by atoms with van der Waals surface area (Å²) in [6.45, 7) is 8.36. The van der Waals surface area contributed by atoms with Crippen LogP contribution in [0.4, 0.5) is 0 Å². The van der Waals surface area contributed by atoms with Crippen LogP contribution in [-0.4, -0.2) is 63.8 Å². The third-order valence-electron chi connectivity index (χ3n) is 4.90. The van der Waals surface area contributed by atoms with Crippen LogP contribution in [0.2, 0.25) is 0 Å². The van der Waals surface area contributed by atoms with E-state index in [1.165, 1.54) is 11.1 Å². The van der Waals surface area contributed by atoms with Crippen LogP contribution in [0.3, 0.4) is 0 Å². The van der Waals surface area contributed by atoms with Gasteiger partial charge in [-0.05, 0) is 44.0 Å². The zero-order chi connectivity index (χ0) is 18.0. The summed E-state index contributed by atoms with van der Waals surface area (Å²) in [5.41, 5.74) is 3.34. The second-order valence-corrected chi connectivity index (χ2v) is 6.50. The minimum absolute atomic E-state index is 0.0147. The number of carbonyl (C=O) groups is 1. The van der Waals surface area contributed by atoms with E-state index in [1.54, 1.807) is 4.90 Å². The van der Waals surface area contributed by atoms with Gasteiger partial charge in [-0.1, -0.05) is 6.07 Å². The molecule has 1 unspecified atom stereocenters. The maximum Gasteiger partial charge on any atom is 0.248 e. The third kappa shape index (κ3) is 3.72. The highest BCUT2D eigenvalue weighted by molar-refractivity contribution is 5.77. The average Bonchev–Trinajstić information content (AvgIpc) is 3.13. The van der Waals surface area contributed by atoms with Crippen molar-refractivity contribution in [3.63, 3.8) is 0 Å². The number of hydrogen-bond acceptors (Lipinski definition) is 6. The third-order valence-corrected chi connectivity index (χ3v) is 4.90. The van der Waals surface area contributed by atoms with Gasteiger partial charge in [0, 0.05) is 31.7 Å². The molecule has 7 heteroatoms. The van der Waals surface area contributed by atoms with Gasteiger partial charge in [0.2, 0.25) is 17.7 Å². The maximum absolute atomic E-state index is 11.5. The molecule has 0 aliphatic carbocycles. The van der Waals surface area contributed by atoms with Crippen molar-refractivity contribution in [2.75, 3.05) is 32.8 Å². The monoisotopic (exact) mass is 344 g/mol. The van der Waals surface area contributed by atoms with Crippen LogP contribution in [-0.2, 0) is 4.79 Å². The second kappa shape index (κ2) is 7.33. The van der Waals surface area contributed by atoms with E-state index in [2.05, 4.69) is 41.1 Å². The van der Waals surface area contributed by atoms with E-state index in [1.807, 2.05) is 13.0 Å². The lowest BCUT2D eigenvalue weighted by molar-refractivity contribution is -0.136. The number of piperazine rings is 1. The van der Waals surface area contributed by atoms with Gasteiger partial charge in [-0.25, -0.2) is 0 Å². The Morgan fingerprint density at radius 2 is 1.92 bits per heavy atom. The highest BCUT2D eigenvalue weighted by Gasteiger charge is 2.27. The Labute approximate surface area is 147 Å². The lowest BCUT2D eigenvalue weighted by Crippen LogP contribution is -2.50. The fourth-order valence-electron chi connectivity index (χ4n) is 3.01. The van der Waals surface area contributed by atoms with Gasteiger partial charge < -0.3 is 14.4 Å². The highest BCUT2D eigenvalue weighted by Crippen LogP contribution is 2.26. The molecule has 1 amide bonds. The minimum atomic E-state index is -0.432. The molecule has 1 N–H and O–H groups in total. The van der Waals surface area contributed by atoms with Crippen LogP contribution in [0.25, 0.3) is 11.5 Å². The van der Waals surface area contributed by atoms with Gasteiger partial charge >= 0.3 is 0 Å². The van der Waals surface area contributed by atoms with Crippen molar-refractivity contribution in [3.8, 4) is 11.5 Å². The van der Waals surface area contributed by atoms with Crippen molar-refractivity contribution < 1.29 is 14.3 Å². The van der Waals surface area contributed by atoms with Gasteiger partial charge in [0.1, 0.15) is 6.61 Å². The molecule has 1 aromatic heterocycles. The summed E-state index contributed by atoms with van der Waals surface area (Å²) in [5, 5.41) is 17.3.